The second kappa shape index (κ2) is 9.60. The first-order valence-corrected chi connectivity index (χ1v) is 11.2. The Labute approximate surface area is 182 Å². The lowest BCUT2D eigenvalue weighted by Gasteiger charge is -2.38. The van der Waals surface area contributed by atoms with Gasteiger partial charge in [0.15, 0.2) is 0 Å². The molecule has 0 aromatic heterocycles. The molecule has 2 aromatic rings. The molecule has 0 aliphatic heterocycles. The number of halogens is 1. The van der Waals surface area contributed by atoms with Crippen molar-refractivity contribution in [1.29, 1.82) is 0 Å². The zero-order chi connectivity index (χ0) is 21.8. The standard InChI is InChI=1S/C25H30FN3O2/c26-20-10-5-9-19(15-20)25(31)29(23-13-2-1-12-22(23)27)16-17-6-3-11-21(14-17)28-24(30)18-7-4-8-18/h3,5-6,9-11,14-15,18,22-23H,1-2,4,7-8,12-13,16,27H2,(H,28,30). The van der Waals surface area contributed by atoms with Crippen LogP contribution in [0.25, 0.3) is 0 Å². The SMILES string of the molecule is NC1CCCCC1N(Cc1cccc(NC(=O)C2CCC2)c1)C(=O)c1cccc(F)c1. The Morgan fingerprint density at radius 3 is 2.48 bits per heavy atom. The summed E-state index contributed by atoms with van der Waals surface area (Å²) in [5, 5.41) is 3.00. The Morgan fingerprint density at radius 1 is 1.00 bits per heavy atom. The van der Waals surface area contributed by atoms with Crippen LogP contribution in [-0.2, 0) is 11.3 Å². The summed E-state index contributed by atoms with van der Waals surface area (Å²) in [5.74, 6) is -0.481. The molecule has 31 heavy (non-hydrogen) atoms. The van der Waals surface area contributed by atoms with E-state index in [0.717, 1.165) is 56.2 Å². The predicted octanol–water partition coefficient (Wildman–Crippen LogP) is 4.48. The van der Waals surface area contributed by atoms with E-state index in [1.165, 1.54) is 12.1 Å². The van der Waals surface area contributed by atoms with E-state index in [1.807, 2.05) is 24.3 Å². The van der Waals surface area contributed by atoms with Gasteiger partial charge < -0.3 is 16.0 Å². The first kappa shape index (κ1) is 21.5. The zero-order valence-corrected chi connectivity index (χ0v) is 17.7. The molecule has 2 atom stereocenters. The fourth-order valence-electron chi connectivity index (χ4n) is 4.51. The van der Waals surface area contributed by atoms with Crippen LogP contribution in [-0.4, -0.2) is 28.8 Å². The van der Waals surface area contributed by atoms with Gasteiger partial charge in [0.2, 0.25) is 5.91 Å². The number of nitrogens with one attached hydrogen (secondary N) is 1. The summed E-state index contributed by atoms with van der Waals surface area (Å²) < 4.78 is 13.8. The van der Waals surface area contributed by atoms with Crippen LogP contribution in [0.5, 0.6) is 0 Å². The second-order valence-corrected chi connectivity index (χ2v) is 8.78. The third kappa shape index (κ3) is 5.13. The number of nitrogens with two attached hydrogens (primary N) is 1. The molecule has 2 aliphatic rings. The lowest BCUT2D eigenvalue weighted by Crippen LogP contribution is -2.51. The highest BCUT2D eigenvalue weighted by molar-refractivity contribution is 5.95. The van der Waals surface area contributed by atoms with Crippen molar-refractivity contribution in [3.63, 3.8) is 0 Å². The number of carbonyl (C=O) groups excluding carboxylic acids is 2. The Hall–Kier alpha value is -2.73. The second-order valence-electron chi connectivity index (χ2n) is 8.78. The van der Waals surface area contributed by atoms with E-state index in [0.29, 0.717) is 12.1 Å². The van der Waals surface area contributed by atoms with E-state index in [1.54, 1.807) is 17.0 Å². The van der Waals surface area contributed by atoms with Gasteiger partial charge in [0.25, 0.3) is 5.91 Å². The molecule has 2 amide bonds. The van der Waals surface area contributed by atoms with E-state index in [2.05, 4.69) is 5.32 Å². The van der Waals surface area contributed by atoms with Crippen LogP contribution in [0.4, 0.5) is 10.1 Å². The van der Waals surface area contributed by atoms with Gasteiger partial charge in [-0.2, -0.15) is 0 Å². The molecule has 0 saturated heterocycles. The van der Waals surface area contributed by atoms with Crippen LogP contribution < -0.4 is 11.1 Å². The van der Waals surface area contributed by atoms with Crippen LogP contribution in [0.2, 0.25) is 0 Å². The minimum Gasteiger partial charge on any atom is -0.330 e. The average Bonchev–Trinajstić information content (AvgIpc) is 2.71. The molecule has 2 aliphatic carbocycles. The summed E-state index contributed by atoms with van der Waals surface area (Å²) in [7, 11) is 0. The highest BCUT2D eigenvalue weighted by Crippen LogP contribution is 2.29. The van der Waals surface area contributed by atoms with Crippen molar-refractivity contribution in [3.8, 4) is 0 Å². The maximum atomic E-state index is 13.8. The Bertz CT molecular complexity index is 944. The molecule has 2 unspecified atom stereocenters. The fraction of sp³-hybridized carbons (Fsp3) is 0.440. The summed E-state index contributed by atoms with van der Waals surface area (Å²) in [4.78, 5) is 27.5. The maximum Gasteiger partial charge on any atom is 0.254 e. The molecule has 5 nitrogen and oxygen atoms in total. The highest BCUT2D eigenvalue weighted by atomic mass is 19.1. The van der Waals surface area contributed by atoms with Gasteiger partial charge >= 0.3 is 0 Å². The summed E-state index contributed by atoms with van der Waals surface area (Å²) in [5.41, 5.74) is 8.38. The van der Waals surface area contributed by atoms with Gasteiger partial charge in [-0.3, -0.25) is 9.59 Å². The molecule has 2 aromatic carbocycles. The largest absolute Gasteiger partial charge is 0.330 e. The quantitative estimate of drug-likeness (QED) is 0.719. The molecule has 2 saturated carbocycles. The summed E-state index contributed by atoms with van der Waals surface area (Å²) in [6.45, 7) is 0.362. The maximum absolute atomic E-state index is 13.8. The van der Waals surface area contributed by atoms with Crippen molar-refractivity contribution in [3.05, 3.63) is 65.5 Å². The fourth-order valence-corrected chi connectivity index (χ4v) is 4.51. The molecule has 3 N–H and O–H groups in total. The minimum atomic E-state index is -0.431. The molecule has 0 bridgehead atoms. The van der Waals surface area contributed by atoms with Gasteiger partial charge in [0.1, 0.15) is 5.82 Å². The number of nitrogens with zero attached hydrogens (tertiary/aromatic N) is 1. The normalized spacial score (nSPS) is 21.2. The lowest BCUT2D eigenvalue weighted by atomic mass is 9.85. The molecular weight excluding hydrogens is 393 g/mol. The zero-order valence-electron chi connectivity index (χ0n) is 17.7. The first-order chi connectivity index (χ1) is 15.0. The van der Waals surface area contributed by atoms with Crippen LogP contribution in [0, 0.1) is 11.7 Å². The third-order valence-corrected chi connectivity index (χ3v) is 6.54. The number of amides is 2. The van der Waals surface area contributed by atoms with Crippen molar-refractivity contribution in [2.45, 2.75) is 63.6 Å². The van der Waals surface area contributed by atoms with Crippen molar-refractivity contribution in [1.82, 2.24) is 4.90 Å². The molecule has 2 fully saturated rings. The van der Waals surface area contributed by atoms with Gasteiger partial charge in [0.05, 0.1) is 0 Å². The van der Waals surface area contributed by atoms with E-state index in [-0.39, 0.29) is 29.8 Å². The van der Waals surface area contributed by atoms with Crippen LogP contribution >= 0.6 is 0 Å². The van der Waals surface area contributed by atoms with Crippen molar-refractivity contribution < 1.29 is 14.0 Å². The topological polar surface area (TPSA) is 75.4 Å². The van der Waals surface area contributed by atoms with E-state index < -0.39 is 5.82 Å². The van der Waals surface area contributed by atoms with E-state index in [9.17, 15) is 14.0 Å². The number of rotatable bonds is 6. The third-order valence-electron chi connectivity index (χ3n) is 6.54. The van der Waals surface area contributed by atoms with Crippen LogP contribution in [0.3, 0.4) is 0 Å². The summed E-state index contributed by atoms with van der Waals surface area (Å²) in [6.07, 6.45) is 6.78. The summed E-state index contributed by atoms with van der Waals surface area (Å²) in [6, 6.07) is 13.2. The number of carbonyl (C=O) groups is 2. The van der Waals surface area contributed by atoms with Gasteiger partial charge in [-0.15, -0.1) is 0 Å². The van der Waals surface area contributed by atoms with Gasteiger partial charge in [-0.05, 0) is 61.6 Å². The number of benzene rings is 2. The molecule has 0 spiro atoms. The number of hydrogen-bond donors (Lipinski definition) is 2. The Balaban J connectivity index is 1.56. The predicted molar refractivity (Wildman–Crippen MR) is 119 cm³/mol. The minimum absolute atomic E-state index is 0.0606. The van der Waals surface area contributed by atoms with Crippen molar-refractivity contribution in [2.24, 2.45) is 11.7 Å². The molecule has 164 valence electrons. The highest BCUT2D eigenvalue weighted by Gasteiger charge is 2.32. The first-order valence-electron chi connectivity index (χ1n) is 11.2. The van der Waals surface area contributed by atoms with Crippen molar-refractivity contribution >= 4 is 17.5 Å². The molecular formula is C25H30FN3O2. The average molecular weight is 424 g/mol. The Morgan fingerprint density at radius 2 is 1.77 bits per heavy atom. The van der Waals surface area contributed by atoms with E-state index in [4.69, 9.17) is 5.73 Å². The van der Waals surface area contributed by atoms with Crippen molar-refractivity contribution in [2.75, 3.05) is 5.32 Å². The monoisotopic (exact) mass is 423 g/mol. The van der Waals surface area contributed by atoms with Gasteiger partial charge in [-0.1, -0.05) is 37.5 Å². The number of anilines is 1. The van der Waals surface area contributed by atoms with Gasteiger partial charge in [0, 0.05) is 35.8 Å². The van der Waals surface area contributed by atoms with Gasteiger partial charge in [-0.25, -0.2) is 4.39 Å². The lowest BCUT2D eigenvalue weighted by molar-refractivity contribution is -0.122. The molecule has 6 heteroatoms. The van der Waals surface area contributed by atoms with Crippen LogP contribution in [0.15, 0.2) is 48.5 Å². The molecule has 0 heterocycles. The summed E-state index contributed by atoms with van der Waals surface area (Å²) >= 11 is 0. The smallest absolute Gasteiger partial charge is 0.254 e. The Kier molecular flexibility index (Phi) is 6.66. The molecule has 0 radical (unpaired) electrons. The number of hydrogen-bond acceptors (Lipinski definition) is 3. The molecule has 4 rings (SSSR count). The van der Waals surface area contributed by atoms with E-state index >= 15 is 0 Å². The van der Waals surface area contributed by atoms with Crippen LogP contribution in [0.1, 0.15) is 60.9 Å².